The van der Waals surface area contributed by atoms with Crippen LogP contribution >= 0.6 is 0 Å². The van der Waals surface area contributed by atoms with Gasteiger partial charge in [0.2, 0.25) is 11.8 Å². The number of fused-ring (bicyclic) bond motifs is 1. The summed E-state index contributed by atoms with van der Waals surface area (Å²) in [6.45, 7) is 7.07. The van der Waals surface area contributed by atoms with Crippen LogP contribution in [-0.4, -0.2) is 125 Å². The molecule has 2 fully saturated rings. The fourth-order valence-electron chi connectivity index (χ4n) is 5.85. The maximum atomic E-state index is 13.6. The van der Waals surface area contributed by atoms with Gasteiger partial charge in [0.1, 0.15) is 23.5 Å². The number of aryl methyl sites for hydroxylation is 1. The summed E-state index contributed by atoms with van der Waals surface area (Å²) in [5.74, 6) is -2.68. The van der Waals surface area contributed by atoms with Crippen LogP contribution in [0.25, 0.3) is 10.9 Å². The lowest BCUT2D eigenvalue weighted by atomic mass is 10.1. The monoisotopic (exact) mass is 668 g/mol. The lowest BCUT2D eigenvalue weighted by Crippen LogP contribution is -2.56. The second-order valence-corrected chi connectivity index (χ2v) is 11.6. The molecule has 2 aromatic rings. The minimum atomic E-state index is -1.17. The highest BCUT2D eigenvalue weighted by Gasteiger charge is 2.34. The van der Waals surface area contributed by atoms with E-state index in [0.717, 1.165) is 5.56 Å². The Hall–Kier alpha value is -4.95. The number of pyridine rings is 1. The van der Waals surface area contributed by atoms with Crippen molar-refractivity contribution in [2.45, 2.75) is 65.0 Å². The van der Waals surface area contributed by atoms with Crippen LogP contribution in [0.5, 0.6) is 5.75 Å². The molecule has 0 spiro atoms. The summed E-state index contributed by atoms with van der Waals surface area (Å²) in [5, 5.41) is 15.3. The Balaban J connectivity index is 1.53. The normalized spacial score (nSPS) is 16.7. The number of nitrogens with one attached hydrogen (secondary N) is 2. The molecule has 0 radical (unpaired) electrons. The predicted molar refractivity (Wildman–Crippen MR) is 173 cm³/mol. The number of carbonyl (C=O) groups is 6. The number of likely N-dealkylation sites (N-methyl/N-ethyl adjacent to an activating group) is 1. The van der Waals surface area contributed by atoms with Gasteiger partial charge in [0.15, 0.2) is 6.61 Å². The van der Waals surface area contributed by atoms with E-state index in [1.807, 2.05) is 26.0 Å². The average Bonchev–Trinajstić information content (AvgIpc) is 3.59. The molecule has 15 heteroatoms. The number of carboxylic acid groups (broad SMARTS) is 1. The van der Waals surface area contributed by atoms with Crippen LogP contribution in [0.4, 0.5) is 4.79 Å². The van der Waals surface area contributed by atoms with Gasteiger partial charge < -0.3 is 39.9 Å². The van der Waals surface area contributed by atoms with Crippen molar-refractivity contribution in [3.05, 3.63) is 35.5 Å². The first-order valence-electron chi connectivity index (χ1n) is 16.4. The number of ether oxygens (including phenoxy) is 2. The molecule has 5 amide bonds. The van der Waals surface area contributed by atoms with Gasteiger partial charge in [-0.3, -0.25) is 24.0 Å². The molecule has 0 bridgehead atoms. The van der Waals surface area contributed by atoms with E-state index >= 15 is 0 Å². The Morgan fingerprint density at radius 1 is 1.00 bits per heavy atom. The topological polar surface area (TPSA) is 188 Å². The molecule has 2 aliphatic rings. The average molecular weight is 669 g/mol. The van der Waals surface area contributed by atoms with Crippen LogP contribution in [0.1, 0.15) is 62.5 Å². The summed E-state index contributed by atoms with van der Waals surface area (Å²) >= 11 is 0. The Bertz CT molecular complexity index is 1520. The van der Waals surface area contributed by atoms with Crippen LogP contribution < -0.4 is 15.4 Å². The summed E-state index contributed by atoms with van der Waals surface area (Å²) in [6, 6.07) is 5.14. The molecule has 0 aliphatic carbocycles. The minimum Gasteiger partial charge on any atom is -0.483 e. The maximum Gasteiger partial charge on any atom is 0.409 e. The molecule has 260 valence electrons. The van der Waals surface area contributed by atoms with Crippen molar-refractivity contribution in [2.24, 2.45) is 0 Å². The number of hydrogen-bond acceptors (Lipinski definition) is 9. The number of nitrogens with zero attached hydrogens (tertiary/aromatic N) is 4. The van der Waals surface area contributed by atoms with Crippen molar-refractivity contribution in [1.82, 2.24) is 30.3 Å². The van der Waals surface area contributed by atoms with Crippen molar-refractivity contribution in [2.75, 3.05) is 52.5 Å². The van der Waals surface area contributed by atoms with Gasteiger partial charge in [0.05, 0.1) is 12.1 Å². The number of carboxylic acids is 1. The highest BCUT2D eigenvalue weighted by atomic mass is 16.6. The van der Waals surface area contributed by atoms with Crippen molar-refractivity contribution < 1.29 is 43.3 Å². The lowest BCUT2D eigenvalue weighted by Gasteiger charge is -2.35. The van der Waals surface area contributed by atoms with E-state index in [1.165, 1.54) is 20.8 Å². The van der Waals surface area contributed by atoms with Crippen LogP contribution in [0, 0.1) is 0 Å². The third-order valence-corrected chi connectivity index (χ3v) is 8.42. The molecule has 3 heterocycles. The number of piperazine rings is 1. The first-order valence-corrected chi connectivity index (χ1v) is 16.4. The van der Waals surface area contributed by atoms with E-state index in [-0.39, 0.29) is 75.5 Å². The zero-order valence-corrected chi connectivity index (χ0v) is 27.7. The molecule has 2 saturated heterocycles. The number of carbonyl (C=O) groups excluding carboxylic acids is 5. The second kappa shape index (κ2) is 16.7. The quantitative estimate of drug-likeness (QED) is 0.283. The van der Waals surface area contributed by atoms with E-state index in [0.29, 0.717) is 43.3 Å². The predicted octanol–water partition coefficient (Wildman–Crippen LogP) is 1.57. The molecule has 48 heavy (non-hydrogen) atoms. The molecule has 1 aromatic heterocycles. The lowest BCUT2D eigenvalue weighted by molar-refractivity contribution is -0.139. The Kier molecular flexibility index (Phi) is 12.5. The first-order chi connectivity index (χ1) is 23.1. The van der Waals surface area contributed by atoms with Crippen LogP contribution in [0.3, 0.4) is 0 Å². The first kappa shape index (κ1) is 35.9. The van der Waals surface area contributed by atoms with Crippen LogP contribution in [0.2, 0.25) is 0 Å². The Morgan fingerprint density at radius 3 is 2.40 bits per heavy atom. The molecule has 1 aromatic carbocycles. The van der Waals surface area contributed by atoms with Crippen molar-refractivity contribution in [1.29, 1.82) is 0 Å². The Morgan fingerprint density at radius 2 is 1.73 bits per heavy atom. The molecule has 3 N–H and O–H groups in total. The zero-order valence-electron chi connectivity index (χ0n) is 27.7. The number of aliphatic carboxylic acids is 1. The number of likely N-dealkylation sites (tertiary alicyclic amines) is 1. The van der Waals surface area contributed by atoms with E-state index in [4.69, 9.17) is 9.47 Å². The van der Waals surface area contributed by atoms with E-state index in [1.54, 1.807) is 13.0 Å². The summed E-state index contributed by atoms with van der Waals surface area (Å²) in [7, 11) is 0. The standard InChI is InChI=1S/C33H44N6O9/c1-4-21-9-10-22-24(18-21)35-25(19-27(22)48-20-28(40)39-13-7-8-26(39)31(44)34-5-2)30(43)36-23(11-12-29(41)42)32(45)37-14-16-38(17-15-37)33(46)47-6-3/h9-10,18-19,23,26H,4-8,11-17,20H2,1-3H3,(H,34,44)(H,36,43)(H,41,42)/t23-,26-/m0/s1. The molecule has 2 aliphatic heterocycles. The third-order valence-electron chi connectivity index (χ3n) is 8.42. The van der Waals surface area contributed by atoms with E-state index < -0.39 is 36.0 Å². The fourth-order valence-corrected chi connectivity index (χ4v) is 5.85. The zero-order chi connectivity index (χ0) is 34.8. The third kappa shape index (κ3) is 8.89. The van der Waals surface area contributed by atoms with Crippen molar-refractivity contribution in [3.63, 3.8) is 0 Å². The van der Waals surface area contributed by atoms with Gasteiger partial charge in [0, 0.05) is 57.1 Å². The molecular weight excluding hydrogens is 624 g/mol. The van der Waals surface area contributed by atoms with Gasteiger partial charge in [-0.15, -0.1) is 0 Å². The van der Waals surface area contributed by atoms with Gasteiger partial charge in [-0.05, 0) is 57.2 Å². The van der Waals surface area contributed by atoms with Crippen LogP contribution in [0.15, 0.2) is 24.3 Å². The number of amides is 5. The fraction of sp³-hybridized carbons (Fsp3) is 0.545. The van der Waals surface area contributed by atoms with Gasteiger partial charge in [-0.1, -0.05) is 13.0 Å². The number of rotatable bonds is 13. The van der Waals surface area contributed by atoms with Gasteiger partial charge >= 0.3 is 12.1 Å². The highest BCUT2D eigenvalue weighted by molar-refractivity contribution is 5.99. The molecule has 0 unspecified atom stereocenters. The van der Waals surface area contributed by atoms with E-state index in [2.05, 4.69) is 15.6 Å². The molecule has 2 atom stereocenters. The minimum absolute atomic E-state index is 0.0835. The van der Waals surface area contributed by atoms with Gasteiger partial charge in [0.25, 0.3) is 11.8 Å². The second-order valence-electron chi connectivity index (χ2n) is 11.6. The van der Waals surface area contributed by atoms with Crippen LogP contribution in [-0.2, 0) is 30.3 Å². The smallest absolute Gasteiger partial charge is 0.409 e. The van der Waals surface area contributed by atoms with E-state index in [9.17, 15) is 33.9 Å². The molecule has 15 nitrogen and oxygen atoms in total. The molecular formula is C33H44N6O9. The number of hydrogen-bond donors (Lipinski definition) is 3. The van der Waals surface area contributed by atoms with Gasteiger partial charge in [-0.2, -0.15) is 0 Å². The largest absolute Gasteiger partial charge is 0.483 e. The summed E-state index contributed by atoms with van der Waals surface area (Å²) in [4.78, 5) is 85.4. The SMILES string of the molecule is CCNC(=O)[C@@H]1CCCN1C(=O)COc1cc(C(=O)N[C@@H](CCC(=O)O)C(=O)N2CCN(C(=O)OCC)CC2)nc2cc(CC)ccc12. The highest BCUT2D eigenvalue weighted by Crippen LogP contribution is 2.28. The summed E-state index contributed by atoms with van der Waals surface area (Å²) in [6.07, 6.45) is 0.951. The molecule has 4 rings (SSSR count). The number of benzene rings is 1. The summed E-state index contributed by atoms with van der Waals surface area (Å²) in [5.41, 5.74) is 1.31. The maximum absolute atomic E-state index is 13.6. The van der Waals surface area contributed by atoms with Crippen molar-refractivity contribution >= 4 is 46.6 Å². The molecule has 0 saturated carbocycles. The number of aromatic nitrogens is 1. The van der Waals surface area contributed by atoms with Crippen molar-refractivity contribution in [3.8, 4) is 5.75 Å². The van der Waals surface area contributed by atoms with Gasteiger partial charge in [-0.25, -0.2) is 9.78 Å². The summed E-state index contributed by atoms with van der Waals surface area (Å²) < 4.78 is 11.0. The Labute approximate surface area is 278 Å².